The largest absolute Gasteiger partial charge is 0.352 e. The number of hydrogen-bond acceptors (Lipinski definition) is 3. The predicted molar refractivity (Wildman–Crippen MR) is 80.1 cm³/mol. The highest BCUT2D eigenvalue weighted by atomic mass is 16.2. The Labute approximate surface area is 123 Å². The average molecular weight is 286 g/mol. The molecule has 110 valence electrons. The first kappa shape index (κ1) is 14.8. The molecule has 0 radical (unpaired) electrons. The van der Waals surface area contributed by atoms with Crippen molar-refractivity contribution in [1.29, 1.82) is 0 Å². The van der Waals surface area contributed by atoms with E-state index in [9.17, 15) is 9.59 Å². The predicted octanol–water partition coefficient (Wildman–Crippen LogP) is 1.65. The van der Waals surface area contributed by atoms with E-state index in [1.165, 1.54) is 6.92 Å². The number of H-pyrrole nitrogens is 1. The van der Waals surface area contributed by atoms with E-state index in [4.69, 9.17) is 0 Å². The summed E-state index contributed by atoms with van der Waals surface area (Å²) >= 11 is 0. The van der Waals surface area contributed by atoms with Gasteiger partial charge in [0.05, 0.1) is 0 Å². The maximum Gasteiger partial charge on any atom is 0.251 e. The molecule has 0 saturated heterocycles. The van der Waals surface area contributed by atoms with E-state index in [1.54, 1.807) is 30.5 Å². The molecule has 0 aliphatic rings. The van der Waals surface area contributed by atoms with Gasteiger partial charge in [-0.2, -0.15) is 0 Å². The minimum atomic E-state index is -0.138. The van der Waals surface area contributed by atoms with Crippen molar-refractivity contribution in [2.75, 3.05) is 11.9 Å². The maximum absolute atomic E-state index is 11.9. The Morgan fingerprint density at radius 1 is 1.24 bits per heavy atom. The zero-order valence-corrected chi connectivity index (χ0v) is 12.1. The zero-order chi connectivity index (χ0) is 15.2. The SMILES string of the molecule is CC(=O)Nc1ccc(C(=O)NCCc2cnc(C)[nH]2)cc1. The van der Waals surface area contributed by atoms with Gasteiger partial charge in [0.2, 0.25) is 5.91 Å². The van der Waals surface area contributed by atoms with Gasteiger partial charge >= 0.3 is 0 Å². The second-order valence-electron chi connectivity index (χ2n) is 4.76. The van der Waals surface area contributed by atoms with Crippen LogP contribution < -0.4 is 10.6 Å². The first-order valence-corrected chi connectivity index (χ1v) is 6.71. The summed E-state index contributed by atoms with van der Waals surface area (Å²) in [4.78, 5) is 30.1. The number of aromatic nitrogens is 2. The van der Waals surface area contributed by atoms with Crippen LogP contribution in [0.2, 0.25) is 0 Å². The van der Waals surface area contributed by atoms with Crippen molar-refractivity contribution < 1.29 is 9.59 Å². The van der Waals surface area contributed by atoms with E-state index in [2.05, 4.69) is 20.6 Å². The summed E-state index contributed by atoms with van der Waals surface area (Å²) in [5.74, 6) is 0.590. The van der Waals surface area contributed by atoms with E-state index >= 15 is 0 Å². The molecule has 2 amide bonds. The maximum atomic E-state index is 11.9. The number of nitrogens with one attached hydrogen (secondary N) is 3. The van der Waals surface area contributed by atoms with Gasteiger partial charge in [-0.05, 0) is 31.2 Å². The van der Waals surface area contributed by atoms with Crippen LogP contribution in [-0.4, -0.2) is 28.3 Å². The highest BCUT2D eigenvalue weighted by Gasteiger charge is 2.05. The van der Waals surface area contributed by atoms with Crippen molar-refractivity contribution in [3.8, 4) is 0 Å². The molecular formula is C15H18N4O2. The van der Waals surface area contributed by atoms with Gasteiger partial charge in [0.1, 0.15) is 5.82 Å². The van der Waals surface area contributed by atoms with Crippen LogP contribution >= 0.6 is 0 Å². The van der Waals surface area contributed by atoms with Gasteiger partial charge in [-0.15, -0.1) is 0 Å². The first-order valence-electron chi connectivity index (χ1n) is 6.71. The number of amides is 2. The fraction of sp³-hybridized carbons (Fsp3) is 0.267. The second-order valence-corrected chi connectivity index (χ2v) is 4.76. The van der Waals surface area contributed by atoms with Crippen LogP contribution in [0.5, 0.6) is 0 Å². The third kappa shape index (κ3) is 4.45. The third-order valence-electron chi connectivity index (χ3n) is 2.90. The number of aromatic amines is 1. The van der Waals surface area contributed by atoms with Gasteiger partial charge in [0.15, 0.2) is 0 Å². The number of aryl methyl sites for hydroxylation is 1. The van der Waals surface area contributed by atoms with Crippen LogP contribution in [0.25, 0.3) is 0 Å². The second kappa shape index (κ2) is 6.69. The van der Waals surface area contributed by atoms with Crippen molar-refractivity contribution in [1.82, 2.24) is 15.3 Å². The summed E-state index contributed by atoms with van der Waals surface area (Å²) in [6.45, 7) is 3.87. The molecule has 2 rings (SSSR count). The zero-order valence-electron chi connectivity index (χ0n) is 12.1. The summed E-state index contributed by atoms with van der Waals surface area (Å²) in [7, 11) is 0. The third-order valence-corrected chi connectivity index (χ3v) is 2.90. The Hall–Kier alpha value is -2.63. The van der Waals surface area contributed by atoms with Gasteiger partial charge < -0.3 is 15.6 Å². The lowest BCUT2D eigenvalue weighted by Gasteiger charge is -2.06. The van der Waals surface area contributed by atoms with E-state index in [0.29, 0.717) is 24.2 Å². The normalized spacial score (nSPS) is 10.2. The Morgan fingerprint density at radius 2 is 1.95 bits per heavy atom. The van der Waals surface area contributed by atoms with E-state index in [1.807, 2.05) is 6.92 Å². The summed E-state index contributed by atoms with van der Waals surface area (Å²) in [6, 6.07) is 6.77. The number of benzene rings is 1. The number of carbonyl (C=O) groups is 2. The number of carbonyl (C=O) groups excluding carboxylic acids is 2. The molecule has 0 spiro atoms. The lowest BCUT2D eigenvalue weighted by molar-refractivity contribution is -0.114. The summed E-state index contributed by atoms with van der Waals surface area (Å²) in [5.41, 5.74) is 2.23. The number of anilines is 1. The summed E-state index contributed by atoms with van der Waals surface area (Å²) in [5, 5.41) is 5.50. The van der Waals surface area contributed by atoms with E-state index in [-0.39, 0.29) is 11.8 Å². The highest BCUT2D eigenvalue weighted by Crippen LogP contribution is 2.09. The Bertz CT molecular complexity index is 631. The molecule has 0 aliphatic carbocycles. The van der Waals surface area contributed by atoms with E-state index in [0.717, 1.165) is 11.5 Å². The van der Waals surface area contributed by atoms with Crippen molar-refractivity contribution in [3.63, 3.8) is 0 Å². The molecule has 0 fully saturated rings. The van der Waals surface area contributed by atoms with Crippen LogP contribution in [0, 0.1) is 6.92 Å². The quantitative estimate of drug-likeness (QED) is 0.781. The smallest absolute Gasteiger partial charge is 0.251 e. The minimum Gasteiger partial charge on any atom is -0.352 e. The number of imidazole rings is 1. The fourth-order valence-corrected chi connectivity index (χ4v) is 1.92. The summed E-state index contributed by atoms with van der Waals surface area (Å²) in [6.07, 6.45) is 2.47. The lowest BCUT2D eigenvalue weighted by atomic mass is 10.2. The molecule has 0 unspecified atom stereocenters. The van der Waals surface area contributed by atoms with E-state index < -0.39 is 0 Å². The highest BCUT2D eigenvalue weighted by molar-refractivity contribution is 5.95. The topological polar surface area (TPSA) is 86.9 Å². The molecule has 1 aromatic heterocycles. The van der Waals surface area contributed by atoms with Gasteiger partial charge in [-0.25, -0.2) is 4.98 Å². The van der Waals surface area contributed by atoms with Gasteiger partial charge in [-0.1, -0.05) is 0 Å². The van der Waals surface area contributed by atoms with Crippen molar-refractivity contribution in [2.24, 2.45) is 0 Å². The molecule has 3 N–H and O–H groups in total. The van der Waals surface area contributed by atoms with Crippen LogP contribution in [-0.2, 0) is 11.2 Å². The number of rotatable bonds is 5. The van der Waals surface area contributed by atoms with Gasteiger partial charge in [-0.3, -0.25) is 9.59 Å². The molecule has 1 aromatic carbocycles. The molecule has 0 aliphatic heterocycles. The van der Waals surface area contributed by atoms with Crippen LogP contribution in [0.3, 0.4) is 0 Å². The number of nitrogens with zero attached hydrogens (tertiary/aromatic N) is 1. The molecule has 2 aromatic rings. The molecule has 0 bridgehead atoms. The Balaban J connectivity index is 1.84. The monoisotopic (exact) mass is 286 g/mol. The van der Waals surface area contributed by atoms with Crippen molar-refractivity contribution in [2.45, 2.75) is 20.3 Å². The van der Waals surface area contributed by atoms with Crippen molar-refractivity contribution >= 4 is 17.5 Å². The fourth-order valence-electron chi connectivity index (χ4n) is 1.92. The summed E-state index contributed by atoms with van der Waals surface area (Å²) < 4.78 is 0. The van der Waals surface area contributed by atoms with Crippen LogP contribution in [0.1, 0.15) is 28.8 Å². The Kier molecular flexibility index (Phi) is 4.71. The molecule has 6 nitrogen and oxygen atoms in total. The van der Waals surface area contributed by atoms with Crippen LogP contribution in [0.4, 0.5) is 5.69 Å². The molecule has 21 heavy (non-hydrogen) atoms. The molecule has 0 saturated carbocycles. The van der Waals surface area contributed by atoms with Gasteiger partial charge in [0.25, 0.3) is 5.91 Å². The minimum absolute atomic E-state index is 0.137. The average Bonchev–Trinajstić information content (AvgIpc) is 2.84. The number of hydrogen-bond donors (Lipinski definition) is 3. The molecule has 1 heterocycles. The standard InChI is InChI=1S/C15H18N4O2/c1-10-17-9-14(18-10)7-8-16-15(21)12-3-5-13(6-4-12)19-11(2)20/h3-6,9H,7-8H2,1-2H3,(H,16,21)(H,17,18)(H,19,20). The lowest BCUT2D eigenvalue weighted by Crippen LogP contribution is -2.25. The molecule has 0 atom stereocenters. The van der Waals surface area contributed by atoms with Crippen LogP contribution in [0.15, 0.2) is 30.5 Å². The molecular weight excluding hydrogens is 268 g/mol. The Morgan fingerprint density at radius 3 is 2.52 bits per heavy atom. The van der Waals surface area contributed by atoms with Gasteiger partial charge in [0, 0.05) is 43.0 Å². The first-order chi connectivity index (χ1) is 10.0. The molecule has 6 heteroatoms. The van der Waals surface area contributed by atoms with Crippen molar-refractivity contribution in [3.05, 3.63) is 47.5 Å².